The van der Waals surface area contributed by atoms with Crippen LogP contribution in [-0.2, 0) is 4.79 Å². The molecule has 9 nitrogen and oxygen atoms in total. The lowest BCUT2D eigenvalue weighted by Crippen LogP contribution is -2.51. The van der Waals surface area contributed by atoms with Gasteiger partial charge in [-0.25, -0.2) is 9.97 Å². The molecule has 1 unspecified atom stereocenters. The van der Waals surface area contributed by atoms with Gasteiger partial charge in [0.25, 0.3) is 5.91 Å². The van der Waals surface area contributed by atoms with Crippen molar-refractivity contribution < 1.29 is 14.3 Å². The van der Waals surface area contributed by atoms with Crippen LogP contribution in [0.15, 0.2) is 42.5 Å². The maximum atomic E-state index is 13.7. The second kappa shape index (κ2) is 8.97. The molecular weight excluding hydrogens is 512 g/mol. The van der Waals surface area contributed by atoms with Crippen LogP contribution in [0.2, 0.25) is 5.15 Å². The van der Waals surface area contributed by atoms with Crippen LogP contribution in [0.25, 0.3) is 11.3 Å². The number of nitrogens with one attached hydrogen (secondary N) is 2. The summed E-state index contributed by atoms with van der Waals surface area (Å²) in [7, 11) is 3.41. The van der Waals surface area contributed by atoms with Gasteiger partial charge in [-0.15, -0.1) is 0 Å². The first kappa shape index (κ1) is 24.9. The quantitative estimate of drug-likeness (QED) is 0.264. The molecule has 3 aromatic rings. The van der Waals surface area contributed by atoms with E-state index in [4.69, 9.17) is 32.1 Å². The number of amides is 2. The first-order valence-electron chi connectivity index (χ1n) is 11.3. The molecule has 2 aromatic heterocycles. The van der Waals surface area contributed by atoms with Gasteiger partial charge in [0.1, 0.15) is 5.15 Å². The van der Waals surface area contributed by atoms with Gasteiger partial charge >= 0.3 is 0 Å². The van der Waals surface area contributed by atoms with Gasteiger partial charge in [-0.1, -0.05) is 43.6 Å². The van der Waals surface area contributed by atoms with Crippen LogP contribution in [0.3, 0.4) is 0 Å². The average molecular weight is 535 g/mol. The van der Waals surface area contributed by atoms with Crippen molar-refractivity contribution in [2.24, 2.45) is 5.41 Å². The number of pyridine rings is 2. The van der Waals surface area contributed by atoms with Crippen molar-refractivity contribution in [1.29, 1.82) is 10.8 Å². The number of thioether (sulfide) groups is 1. The molecule has 0 saturated carbocycles. The van der Waals surface area contributed by atoms with Crippen molar-refractivity contribution in [3.8, 4) is 23.0 Å². The van der Waals surface area contributed by atoms with Gasteiger partial charge in [0.15, 0.2) is 5.17 Å². The summed E-state index contributed by atoms with van der Waals surface area (Å²) in [6, 6.07) is 12.5. The number of ether oxygens (including phenoxy) is 1. The number of carbonyl (C=O) groups excluding carboxylic acids is 2. The predicted octanol–water partition coefficient (Wildman–Crippen LogP) is 5.38. The van der Waals surface area contributed by atoms with Crippen molar-refractivity contribution in [3.05, 3.63) is 64.3 Å². The molecule has 2 N–H and O–H groups in total. The first-order valence-corrected chi connectivity index (χ1v) is 12.6. The number of rotatable bonds is 3. The number of fused-ring (bicyclic) bond motifs is 2. The standard InChI is InChI=1S/C26H23ClN6O3S/c1-26(2)20-15-9-10-16(13-5-7-14(8-6-13)23(34)32(3)4)30-21(15)36-22-19(20)17(11-18(27)31-22)33(24(26)35)25(29)37-12-28/h5-12,20,28-29H,1-4H3. The Balaban J connectivity index is 1.62. The third-order valence-electron chi connectivity index (χ3n) is 6.58. The molecule has 0 fully saturated rings. The number of aromatic nitrogens is 2. The smallest absolute Gasteiger partial charge is 0.253 e. The van der Waals surface area contributed by atoms with Gasteiger partial charge in [0.2, 0.25) is 17.7 Å². The summed E-state index contributed by atoms with van der Waals surface area (Å²) in [5.74, 6) is -0.268. The Kier molecular flexibility index (Phi) is 6.04. The SMILES string of the molecule is CN(C)C(=O)c1ccc(-c2ccc3c(n2)Oc2nc(Cl)cc4c2C3C(C)(C)C(=O)N4C(=N)SC=N)cc1. The van der Waals surface area contributed by atoms with Crippen molar-refractivity contribution in [3.63, 3.8) is 0 Å². The van der Waals surface area contributed by atoms with E-state index < -0.39 is 11.3 Å². The Labute approximate surface area is 222 Å². The van der Waals surface area contributed by atoms with Gasteiger partial charge in [-0.05, 0) is 30.0 Å². The van der Waals surface area contributed by atoms with Crippen molar-refractivity contribution in [2.45, 2.75) is 19.8 Å². The molecule has 0 radical (unpaired) electrons. The van der Waals surface area contributed by atoms with E-state index in [-0.39, 0.29) is 28.0 Å². The normalized spacial score (nSPS) is 16.8. The minimum absolute atomic E-state index is 0.0889. The highest BCUT2D eigenvalue weighted by Crippen LogP contribution is 2.58. The summed E-state index contributed by atoms with van der Waals surface area (Å²) >= 11 is 7.14. The number of nitrogens with zero attached hydrogens (tertiary/aromatic N) is 4. The average Bonchev–Trinajstić information content (AvgIpc) is 2.86. The topological polar surface area (TPSA) is 123 Å². The third-order valence-corrected chi connectivity index (χ3v) is 7.29. The zero-order valence-electron chi connectivity index (χ0n) is 20.5. The number of benzene rings is 1. The second-order valence-electron chi connectivity index (χ2n) is 9.49. The number of amidine groups is 1. The van der Waals surface area contributed by atoms with Crippen LogP contribution in [-0.4, -0.2) is 51.5 Å². The van der Waals surface area contributed by atoms with Crippen molar-refractivity contribution >= 4 is 51.6 Å². The van der Waals surface area contributed by atoms with E-state index >= 15 is 0 Å². The molecular formula is C26H23ClN6O3S. The Bertz CT molecular complexity index is 1490. The zero-order chi connectivity index (χ0) is 26.6. The highest BCUT2D eigenvalue weighted by atomic mass is 35.5. The Morgan fingerprint density at radius 3 is 2.51 bits per heavy atom. The van der Waals surface area contributed by atoms with Crippen LogP contribution in [0.4, 0.5) is 5.69 Å². The van der Waals surface area contributed by atoms with Gasteiger partial charge < -0.3 is 15.0 Å². The lowest BCUT2D eigenvalue weighted by atomic mass is 9.67. The third kappa shape index (κ3) is 3.96. The highest BCUT2D eigenvalue weighted by molar-refractivity contribution is 8.25. The molecule has 0 saturated heterocycles. The Morgan fingerprint density at radius 2 is 1.86 bits per heavy atom. The first-order chi connectivity index (χ1) is 17.5. The summed E-state index contributed by atoms with van der Waals surface area (Å²) in [6.45, 7) is 3.64. The molecule has 0 aliphatic carbocycles. The molecule has 0 spiro atoms. The maximum Gasteiger partial charge on any atom is 0.253 e. The minimum atomic E-state index is -0.970. The molecule has 1 aromatic carbocycles. The number of carbonyl (C=O) groups is 2. The minimum Gasteiger partial charge on any atom is -0.420 e. The molecule has 5 rings (SSSR count). The summed E-state index contributed by atoms with van der Waals surface area (Å²) < 4.78 is 6.15. The summed E-state index contributed by atoms with van der Waals surface area (Å²) in [5, 5.41) is 15.8. The molecule has 2 aliphatic rings. The molecule has 2 amide bonds. The lowest BCUT2D eigenvalue weighted by molar-refractivity contribution is -0.126. The van der Waals surface area contributed by atoms with Crippen LogP contribution in [0.5, 0.6) is 11.8 Å². The van der Waals surface area contributed by atoms with Gasteiger partial charge in [-0.2, -0.15) is 0 Å². The Morgan fingerprint density at radius 1 is 1.16 bits per heavy atom. The van der Waals surface area contributed by atoms with E-state index in [0.717, 1.165) is 28.4 Å². The Hall–Kier alpha value is -3.76. The van der Waals surface area contributed by atoms with Crippen molar-refractivity contribution in [2.75, 3.05) is 19.0 Å². The van der Waals surface area contributed by atoms with Gasteiger partial charge in [-0.3, -0.25) is 19.9 Å². The van der Waals surface area contributed by atoms with E-state index in [9.17, 15) is 9.59 Å². The molecule has 0 bridgehead atoms. The molecule has 1 atom stereocenters. The zero-order valence-corrected chi connectivity index (χ0v) is 22.1. The number of hydrogen-bond acceptors (Lipinski definition) is 8. The lowest BCUT2D eigenvalue weighted by Gasteiger charge is -2.45. The van der Waals surface area contributed by atoms with Crippen molar-refractivity contribution in [1.82, 2.24) is 14.9 Å². The largest absolute Gasteiger partial charge is 0.420 e. The van der Waals surface area contributed by atoms with E-state index in [1.807, 2.05) is 38.1 Å². The molecule has 11 heteroatoms. The van der Waals surface area contributed by atoms with E-state index in [0.29, 0.717) is 28.4 Å². The molecule has 2 aliphatic heterocycles. The van der Waals surface area contributed by atoms with E-state index in [2.05, 4.69) is 4.98 Å². The number of halogens is 1. The number of anilines is 1. The maximum absolute atomic E-state index is 13.7. The fourth-order valence-corrected chi connectivity index (χ4v) is 5.39. The van der Waals surface area contributed by atoms with Crippen LogP contribution in [0.1, 0.15) is 41.3 Å². The van der Waals surface area contributed by atoms with E-state index in [1.165, 1.54) is 9.80 Å². The summed E-state index contributed by atoms with van der Waals surface area (Å²) in [4.78, 5) is 37.9. The van der Waals surface area contributed by atoms with Crippen LogP contribution in [0, 0.1) is 16.2 Å². The molecule has 4 heterocycles. The fraction of sp³-hybridized carbons (Fsp3) is 0.231. The summed E-state index contributed by atoms with van der Waals surface area (Å²) in [5.41, 5.74) is 3.84. The highest BCUT2D eigenvalue weighted by Gasteiger charge is 2.53. The molecule has 37 heavy (non-hydrogen) atoms. The summed E-state index contributed by atoms with van der Waals surface area (Å²) in [6.07, 6.45) is 0. The number of hydrogen-bond donors (Lipinski definition) is 2. The van der Waals surface area contributed by atoms with Gasteiger partial charge in [0, 0.05) is 48.3 Å². The van der Waals surface area contributed by atoms with E-state index in [1.54, 1.807) is 32.3 Å². The monoisotopic (exact) mass is 534 g/mol. The predicted molar refractivity (Wildman–Crippen MR) is 144 cm³/mol. The second-order valence-corrected chi connectivity index (χ2v) is 10.7. The molecule has 188 valence electrons. The fourth-order valence-electron chi connectivity index (χ4n) is 4.81. The van der Waals surface area contributed by atoms with Gasteiger partial charge in [0.05, 0.1) is 22.3 Å². The van der Waals surface area contributed by atoms with Crippen LogP contribution < -0.4 is 9.64 Å². The van der Waals surface area contributed by atoms with Crippen LogP contribution >= 0.6 is 23.4 Å².